The van der Waals surface area contributed by atoms with Crippen molar-refractivity contribution in [1.82, 2.24) is 0 Å². The first kappa shape index (κ1) is 13.3. The molecule has 0 fully saturated rings. The molecule has 0 unspecified atom stereocenters. The van der Waals surface area contributed by atoms with Gasteiger partial charge in [-0.3, -0.25) is 0 Å². The van der Waals surface area contributed by atoms with Crippen molar-refractivity contribution < 1.29 is 4.74 Å². The van der Waals surface area contributed by atoms with Crippen LogP contribution in [0, 0.1) is 11.3 Å². The highest BCUT2D eigenvalue weighted by atomic mass is 32.2. The van der Waals surface area contributed by atoms with Crippen LogP contribution in [-0.2, 0) is 0 Å². The Morgan fingerprint density at radius 3 is 2.53 bits per heavy atom. The summed E-state index contributed by atoms with van der Waals surface area (Å²) in [5.74, 6) is 0.751. The minimum atomic E-state index is 0.654. The van der Waals surface area contributed by atoms with Crippen molar-refractivity contribution in [3.8, 4) is 11.8 Å². The zero-order valence-corrected chi connectivity index (χ0v) is 11.6. The number of ether oxygens (including phenoxy) is 1. The molecule has 3 nitrogen and oxygen atoms in total. The Bertz CT molecular complexity index is 620. The SMILES string of the molecule is COc1ccccc1Nc1cccc(SC)c1C#N. The Kier molecular flexibility index (Phi) is 4.32. The lowest BCUT2D eigenvalue weighted by Gasteiger charge is -2.13. The van der Waals surface area contributed by atoms with Crippen LogP contribution in [0.15, 0.2) is 47.4 Å². The maximum Gasteiger partial charge on any atom is 0.142 e. The van der Waals surface area contributed by atoms with Crippen LogP contribution in [0.3, 0.4) is 0 Å². The second-order valence-electron chi connectivity index (χ2n) is 3.82. The molecule has 0 amide bonds. The van der Waals surface area contributed by atoms with E-state index in [1.165, 1.54) is 0 Å². The molecule has 4 heteroatoms. The third kappa shape index (κ3) is 2.83. The molecule has 0 heterocycles. The van der Waals surface area contributed by atoms with Gasteiger partial charge >= 0.3 is 0 Å². The molecule has 0 aliphatic rings. The van der Waals surface area contributed by atoms with E-state index in [1.54, 1.807) is 18.9 Å². The molecule has 2 aromatic carbocycles. The number of nitrogens with one attached hydrogen (secondary N) is 1. The van der Waals surface area contributed by atoms with Gasteiger partial charge in [0.05, 0.1) is 24.0 Å². The molecule has 0 aliphatic heterocycles. The number of hydrogen-bond acceptors (Lipinski definition) is 4. The Hall–Kier alpha value is -2.12. The van der Waals surface area contributed by atoms with Crippen LogP contribution < -0.4 is 10.1 Å². The molecule has 0 saturated carbocycles. The maximum absolute atomic E-state index is 9.30. The first-order valence-corrected chi connectivity index (χ1v) is 6.99. The summed E-state index contributed by atoms with van der Waals surface area (Å²) in [5.41, 5.74) is 2.29. The van der Waals surface area contributed by atoms with Crippen LogP contribution in [0.5, 0.6) is 5.75 Å². The van der Waals surface area contributed by atoms with Crippen LogP contribution in [0.2, 0.25) is 0 Å². The molecule has 0 atom stereocenters. The van der Waals surface area contributed by atoms with E-state index in [-0.39, 0.29) is 0 Å². The van der Waals surface area contributed by atoms with Gasteiger partial charge in [0.15, 0.2) is 0 Å². The first-order chi connectivity index (χ1) is 9.30. The van der Waals surface area contributed by atoms with Crippen LogP contribution in [0.4, 0.5) is 11.4 Å². The lowest BCUT2D eigenvalue weighted by Crippen LogP contribution is -1.97. The maximum atomic E-state index is 9.30. The van der Waals surface area contributed by atoms with E-state index in [4.69, 9.17) is 4.74 Å². The average Bonchev–Trinajstić information content (AvgIpc) is 2.47. The van der Waals surface area contributed by atoms with Crippen molar-refractivity contribution >= 4 is 23.1 Å². The van der Waals surface area contributed by atoms with Crippen molar-refractivity contribution in [2.24, 2.45) is 0 Å². The third-order valence-electron chi connectivity index (χ3n) is 2.73. The van der Waals surface area contributed by atoms with Crippen LogP contribution in [0.1, 0.15) is 5.56 Å². The standard InChI is InChI=1S/C15H14N2OS/c1-18-14-8-4-3-6-13(14)17-12-7-5-9-15(19-2)11(12)10-16/h3-9,17H,1-2H3. The zero-order valence-electron chi connectivity index (χ0n) is 10.8. The number of nitriles is 1. The smallest absolute Gasteiger partial charge is 0.142 e. The molecule has 0 spiro atoms. The number of rotatable bonds is 4. The topological polar surface area (TPSA) is 45.0 Å². The van der Waals surface area contributed by atoms with Gasteiger partial charge in [0, 0.05) is 4.90 Å². The van der Waals surface area contributed by atoms with E-state index in [1.807, 2.05) is 48.7 Å². The number of methoxy groups -OCH3 is 1. The molecular weight excluding hydrogens is 256 g/mol. The van der Waals surface area contributed by atoms with Crippen molar-refractivity contribution in [2.75, 3.05) is 18.7 Å². The monoisotopic (exact) mass is 270 g/mol. The van der Waals surface area contributed by atoms with Crippen LogP contribution >= 0.6 is 11.8 Å². The molecule has 0 aliphatic carbocycles. The van der Waals surface area contributed by atoms with Gasteiger partial charge in [0.2, 0.25) is 0 Å². The summed E-state index contributed by atoms with van der Waals surface area (Å²) in [6.45, 7) is 0. The molecule has 19 heavy (non-hydrogen) atoms. The normalized spacial score (nSPS) is 9.74. The fourth-order valence-corrected chi connectivity index (χ4v) is 2.39. The number of para-hydroxylation sites is 2. The number of benzene rings is 2. The fourth-order valence-electron chi connectivity index (χ4n) is 1.81. The Morgan fingerprint density at radius 2 is 1.84 bits per heavy atom. The summed E-state index contributed by atoms with van der Waals surface area (Å²) in [6.07, 6.45) is 1.96. The molecule has 96 valence electrons. The van der Waals surface area contributed by atoms with Crippen molar-refractivity contribution in [1.29, 1.82) is 5.26 Å². The second-order valence-corrected chi connectivity index (χ2v) is 4.67. The van der Waals surface area contributed by atoms with Gasteiger partial charge in [-0.2, -0.15) is 5.26 Å². The predicted molar refractivity (Wildman–Crippen MR) is 79.2 cm³/mol. The Morgan fingerprint density at radius 1 is 1.11 bits per heavy atom. The van der Waals surface area contributed by atoms with Crippen molar-refractivity contribution in [3.63, 3.8) is 0 Å². The van der Waals surface area contributed by atoms with Gasteiger partial charge in [0.25, 0.3) is 0 Å². The highest BCUT2D eigenvalue weighted by Crippen LogP contribution is 2.32. The van der Waals surface area contributed by atoms with E-state index in [0.717, 1.165) is 22.0 Å². The zero-order chi connectivity index (χ0) is 13.7. The molecule has 0 radical (unpaired) electrons. The van der Waals surface area contributed by atoms with Gasteiger partial charge in [-0.05, 0) is 30.5 Å². The van der Waals surface area contributed by atoms with Gasteiger partial charge < -0.3 is 10.1 Å². The number of thioether (sulfide) groups is 1. The van der Waals surface area contributed by atoms with E-state index in [0.29, 0.717) is 5.56 Å². The summed E-state index contributed by atoms with van der Waals surface area (Å²) in [6, 6.07) is 15.7. The van der Waals surface area contributed by atoms with E-state index in [2.05, 4.69) is 11.4 Å². The lowest BCUT2D eigenvalue weighted by atomic mass is 10.2. The molecule has 0 saturated heterocycles. The Balaban J connectivity index is 2.41. The predicted octanol–water partition coefficient (Wildman–Crippen LogP) is 4.03. The molecule has 0 aromatic heterocycles. The molecule has 0 bridgehead atoms. The largest absolute Gasteiger partial charge is 0.495 e. The molecule has 2 rings (SSSR count). The van der Waals surface area contributed by atoms with Crippen molar-refractivity contribution in [3.05, 3.63) is 48.0 Å². The fraction of sp³-hybridized carbons (Fsp3) is 0.133. The summed E-state index contributed by atoms with van der Waals surface area (Å²) < 4.78 is 5.30. The minimum absolute atomic E-state index is 0.654. The summed E-state index contributed by atoms with van der Waals surface area (Å²) in [4.78, 5) is 0.961. The van der Waals surface area contributed by atoms with Gasteiger partial charge in [-0.25, -0.2) is 0 Å². The Labute approximate surface area is 117 Å². The van der Waals surface area contributed by atoms with E-state index >= 15 is 0 Å². The third-order valence-corrected chi connectivity index (χ3v) is 3.51. The molecule has 1 N–H and O–H groups in total. The van der Waals surface area contributed by atoms with Crippen molar-refractivity contribution in [2.45, 2.75) is 4.90 Å². The van der Waals surface area contributed by atoms with E-state index < -0.39 is 0 Å². The second kappa shape index (κ2) is 6.17. The number of anilines is 2. The van der Waals surface area contributed by atoms with Gasteiger partial charge in [-0.1, -0.05) is 18.2 Å². The number of nitrogens with zero attached hydrogens (tertiary/aromatic N) is 1. The first-order valence-electron chi connectivity index (χ1n) is 5.77. The lowest BCUT2D eigenvalue weighted by molar-refractivity contribution is 0.417. The highest BCUT2D eigenvalue weighted by molar-refractivity contribution is 7.98. The van der Waals surface area contributed by atoms with Gasteiger partial charge in [0.1, 0.15) is 11.8 Å². The van der Waals surface area contributed by atoms with Gasteiger partial charge in [-0.15, -0.1) is 11.8 Å². The highest BCUT2D eigenvalue weighted by Gasteiger charge is 2.09. The quantitative estimate of drug-likeness (QED) is 0.852. The van der Waals surface area contributed by atoms with Crippen LogP contribution in [0.25, 0.3) is 0 Å². The molecular formula is C15H14N2OS. The minimum Gasteiger partial charge on any atom is -0.495 e. The van der Waals surface area contributed by atoms with Crippen LogP contribution in [-0.4, -0.2) is 13.4 Å². The molecule has 2 aromatic rings. The average molecular weight is 270 g/mol. The number of hydrogen-bond donors (Lipinski definition) is 1. The summed E-state index contributed by atoms with van der Waals surface area (Å²) >= 11 is 1.56. The van der Waals surface area contributed by atoms with E-state index in [9.17, 15) is 5.26 Å². The summed E-state index contributed by atoms with van der Waals surface area (Å²) in [7, 11) is 1.63. The summed E-state index contributed by atoms with van der Waals surface area (Å²) in [5, 5.41) is 12.6.